The summed E-state index contributed by atoms with van der Waals surface area (Å²) in [6.45, 7) is 1.29. The minimum Gasteiger partial charge on any atom is -0.435 e. The van der Waals surface area contributed by atoms with Gasteiger partial charge >= 0.3 is 12.6 Å². The predicted molar refractivity (Wildman–Crippen MR) is 122 cm³/mol. The summed E-state index contributed by atoms with van der Waals surface area (Å²) in [4.78, 5) is 26.8. The highest BCUT2D eigenvalue weighted by molar-refractivity contribution is 8.00. The molecule has 2 heterocycles. The van der Waals surface area contributed by atoms with E-state index in [1.807, 2.05) is 4.57 Å². The second-order valence-corrected chi connectivity index (χ2v) is 9.75. The number of piperidine rings is 1. The standard InChI is InChI=1S/C22H28F2N6O3S/c1-14(19(31)26-21(32)25-15-5-6-15)34-22-28-27-18(13-29-11-3-2-4-12-29)30(22)16-7-9-17(10-8-16)33-20(23)24/h7-10,14-15,20H,2-6,11-13H2,1H3,(H2,25,26,31,32). The number of hydrogen-bond donors (Lipinski definition) is 2. The highest BCUT2D eigenvalue weighted by Gasteiger charge is 2.27. The molecule has 2 aromatic rings. The van der Waals surface area contributed by atoms with Gasteiger partial charge in [-0.3, -0.25) is 19.6 Å². The van der Waals surface area contributed by atoms with Crippen molar-refractivity contribution in [1.82, 2.24) is 30.3 Å². The largest absolute Gasteiger partial charge is 0.435 e. The zero-order valence-corrected chi connectivity index (χ0v) is 19.7. The molecule has 2 aliphatic rings. The molecule has 1 saturated heterocycles. The van der Waals surface area contributed by atoms with Crippen LogP contribution in [0.5, 0.6) is 5.75 Å². The van der Waals surface area contributed by atoms with Crippen LogP contribution in [0.4, 0.5) is 13.6 Å². The third-order valence-corrected chi connectivity index (χ3v) is 6.68. The summed E-state index contributed by atoms with van der Waals surface area (Å²) < 4.78 is 31.4. The van der Waals surface area contributed by atoms with Crippen molar-refractivity contribution in [1.29, 1.82) is 0 Å². The molecular formula is C22H28F2N6O3S. The second-order valence-electron chi connectivity index (χ2n) is 8.44. The summed E-state index contributed by atoms with van der Waals surface area (Å²) in [5, 5.41) is 13.6. The first-order valence-corrected chi connectivity index (χ1v) is 12.3. The molecule has 1 aliphatic heterocycles. The van der Waals surface area contributed by atoms with Gasteiger partial charge in [-0.15, -0.1) is 10.2 Å². The molecule has 0 bridgehead atoms. The van der Waals surface area contributed by atoms with E-state index in [0.717, 1.165) is 38.8 Å². The van der Waals surface area contributed by atoms with E-state index in [9.17, 15) is 18.4 Å². The van der Waals surface area contributed by atoms with E-state index in [2.05, 4.69) is 30.5 Å². The molecule has 3 amide bonds. The van der Waals surface area contributed by atoms with Crippen molar-refractivity contribution in [3.8, 4) is 11.4 Å². The second kappa shape index (κ2) is 11.1. The minimum absolute atomic E-state index is 0.0491. The minimum atomic E-state index is -2.90. The number of amides is 3. The van der Waals surface area contributed by atoms with E-state index < -0.39 is 23.8 Å². The van der Waals surface area contributed by atoms with Crippen LogP contribution < -0.4 is 15.4 Å². The maximum Gasteiger partial charge on any atom is 0.387 e. The van der Waals surface area contributed by atoms with Gasteiger partial charge in [-0.1, -0.05) is 18.2 Å². The predicted octanol–water partition coefficient (Wildman–Crippen LogP) is 3.32. The van der Waals surface area contributed by atoms with Crippen molar-refractivity contribution < 1.29 is 23.1 Å². The van der Waals surface area contributed by atoms with Gasteiger partial charge in [0.15, 0.2) is 11.0 Å². The maximum absolute atomic E-state index is 12.5. The van der Waals surface area contributed by atoms with E-state index in [4.69, 9.17) is 0 Å². The van der Waals surface area contributed by atoms with Gasteiger partial charge in [0.25, 0.3) is 0 Å². The monoisotopic (exact) mass is 494 g/mol. The first-order chi connectivity index (χ1) is 16.4. The van der Waals surface area contributed by atoms with Gasteiger partial charge in [0.1, 0.15) is 5.75 Å². The number of rotatable bonds is 9. The Hall–Kier alpha value is -2.73. The summed E-state index contributed by atoms with van der Waals surface area (Å²) in [6, 6.07) is 5.87. The summed E-state index contributed by atoms with van der Waals surface area (Å²) in [5.74, 6) is 0.301. The molecule has 0 radical (unpaired) electrons. The number of hydrogen-bond acceptors (Lipinski definition) is 7. The maximum atomic E-state index is 12.5. The molecule has 2 fully saturated rings. The molecule has 9 nitrogen and oxygen atoms in total. The van der Waals surface area contributed by atoms with E-state index in [0.29, 0.717) is 23.2 Å². The lowest BCUT2D eigenvalue weighted by Gasteiger charge is -2.26. The van der Waals surface area contributed by atoms with E-state index >= 15 is 0 Å². The SMILES string of the molecule is CC(Sc1nnc(CN2CCCCC2)n1-c1ccc(OC(F)F)cc1)C(=O)NC(=O)NC1CC1. The summed E-state index contributed by atoms with van der Waals surface area (Å²) in [6.07, 6.45) is 5.30. The number of likely N-dealkylation sites (tertiary alicyclic amines) is 1. The number of nitrogens with one attached hydrogen (secondary N) is 2. The Kier molecular flexibility index (Phi) is 7.99. The molecule has 184 valence electrons. The van der Waals surface area contributed by atoms with Crippen molar-refractivity contribution in [3.63, 3.8) is 0 Å². The Balaban J connectivity index is 1.52. The van der Waals surface area contributed by atoms with Gasteiger partial charge in [0.2, 0.25) is 5.91 Å². The number of alkyl halides is 2. The Morgan fingerprint density at radius 2 is 1.85 bits per heavy atom. The first-order valence-electron chi connectivity index (χ1n) is 11.4. The average Bonchev–Trinajstić information content (AvgIpc) is 3.54. The Labute approximate surface area is 200 Å². The number of urea groups is 1. The fourth-order valence-corrected chi connectivity index (χ4v) is 4.59. The lowest BCUT2D eigenvalue weighted by Crippen LogP contribution is -2.43. The topological polar surface area (TPSA) is 101 Å². The van der Waals surface area contributed by atoms with Crippen LogP contribution in [-0.4, -0.2) is 62.6 Å². The molecule has 1 atom stereocenters. The van der Waals surface area contributed by atoms with Gasteiger partial charge in [-0.05, 0) is 70.0 Å². The van der Waals surface area contributed by atoms with Crippen LogP contribution in [0, 0.1) is 0 Å². The fourth-order valence-electron chi connectivity index (χ4n) is 3.71. The van der Waals surface area contributed by atoms with Crippen molar-refractivity contribution in [2.75, 3.05) is 13.1 Å². The first kappa shape index (κ1) is 24.4. The molecule has 2 N–H and O–H groups in total. The number of aromatic nitrogens is 3. The molecule has 1 unspecified atom stereocenters. The van der Waals surface area contributed by atoms with Crippen molar-refractivity contribution >= 4 is 23.7 Å². The third-order valence-electron chi connectivity index (χ3n) is 5.63. The lowest BCUT2D eigenvalue weighted by atomic mass is 10.1. The van der Waals surface area contributed by atoms with E-state index in [-0.39, 0.29) is 11.8 Å². The van der Waals surface area contributed by atoms with Crippen LogP contribution in [0.2, 0.25) is 0 Å². The number of thioether (sulfide) groups is 1. The number of carbonyl (C=O) groups excluding carboxylic acids is 2. The van der Waals surface area contributed by atoms with Crippen LogP contribution in [0.3, 0.4) is 0 Å². The molecular weight excluding hydrogens is 466 g/mol. The molecule has 12 heteroatoms. The molecule has 4 rings (SSSR count). The highest BCUT2D eigenvalue weighted by atomic mass is 32.2. The number of halogens is 2. The van der Waals surface area contributed by atoms with Gasteiger partial charge in [0, 0.05) is 11.7 Å². The van der Waals surface area contributed by atoms with Gasteiger partial charge in [-0.2, -0.15) is 8.78 Å². The Bertz CT molecular complexity index is 993. The van der Waals surface area contributed by atoms with Crippen molar-refractivity contribution in [2.24, 2.45) is 0 Å². The summed E-state index contributed by atoms with van der Waals surface area (Å²) in [7, 11) is 0. The Morgan fingerprint density at radius 1 is 1.15 bits per heavy atom. The van der Waals surface area contributed by atoms with E-state index in [1.54, 1.807) is 19.1 Å². The summed E-state index contributed by atoms with van der Waals surface area (Å²) >= 11 is 1.17. The number of imide groups is 1. The van der Waals surface area contributed by atoms with Gasteiger partial charge in [0.05, 0.1) is 11.8 Å². The van der Waals surface area contributed by atoms with Crippen molar-refractivity contribution in [2.45, 2.75) is 68.6 Å². The lowest BCUT2D eigenvalue weighted by molar-refractivity contribution is -0.119. The van der Waals surface area contributed by atoms with Crippen LogP contribution in [0.1, 0.15) is 44.9 Å². The Morgan fingerprint density at radius 3 is 2.50 bits per heavy atom. The van der Waals surface area contributed by atoms with Gasteiger partial charge < -0.3 is 10.1 Å². The molecule has 0 spiro atoms. The fraction of sp³-hybridized carbons (Fsp3) is 0.545. The molecule has 1 aromatic carbocycles. The number of nitrogens with zero attached hydrogens (tertiary/aromatic N) is 4. The summed E-state index contributed by atoms with van der Waals surface area (Å²) in [5.41, 5.74) is 0.667. The number of carbonyl (C=O) groups is 2. The average molecular weight is 495 g/mol. The van der Waals surface area contributed by atoms with Crippen LogP contribution >= 0.6 is 11.8 Å². The molecule has 1 aliphatic carbocycles. The molecule has 34 heavy (non-hydrogen) atoms. The number of ether oxygens (including phenoxy) is 1. The zero-order chi connectivity index (χ0) is 24.1. The third kappa shape index (κ3) is 6.66. The molecule has 1 saturated carbocycles. The number of benzene rings is 1. The smallest absolute Gasteiger partial charge is 0.387 e. The van der Waals surface area contributed by atoms with Crippen LogP contribution in [-0.2, 0) is 11.3 Å². The molecule has 1 aromatic heterocycles. The van der Waals surface area contributed by atoms with Crippen molar-refractivity contribution in [3.05, 3.63) is 30.1 Å². The van der Waals surface area contributed by atoms with Crippen LogP contribution in [0.25, 0.3) is 5.69 Å². The van der Waals surface area contributed by atoms with E-state index in [1.165, 1.54) is 30.3 Å². The quantitative estimate of drug-likeness (QED) is 0.516. The zero-order valence-electron chi connectivity index (χ0n) is 18.9. The van der Waals surface area contributed by atoms with Gasteiger partial charge in [-0.25, -0.2) is 4.79 Å². The normalized spacial score (nSPS) is 17.4. The van der Waals surface area contributed by atoms with Crippen LogP contribution in [0.15, 0.2) is 29.4 Å². The highest BCUT2D eigenvalue weighted by Crippen LogP contribution is 2.28.